The molecule has 0 radical (unpaired) electrons. The second kappa shape index (κ2) is 8.33. The molecule has 2 aliphatic heterocycles. The highest BCUT2D eigenvalue weighted by Crippen LogP contribution is 2.14. The highest BCUT2D eigenvalue weighted by molar-refractivity contribution is 5.92. The summed E-state index contributed by atoms with van der Waals surface area (Å²) in [6.45, 7) is 2.80. The minimum atomic E-state index is -0.261. The maximum absolute atomic E-state index is 12.2. The van der Waals surface area contributed by atoms with Gasteiger partial charge in [-0.3, -0.25) is 9.59 Å². The number of piperidine rings is 1. The monoisotopic (exact) mass is 350 g/mol. The molecule has 8 heteroatoms. The largest absolute Gasteiger partial charge is 0.468 e. The zero-order valence-electron chi connectivity index (χ0n) is 14.7. The van der Waals surface area contributed by atoms with E-state index in [4.69, 9.17) is 9.47 Å². The molecule has 1 aromatic heterocycles. The van der Waals surface area contributed by atoms with Crippen LogP contribution in [-0.2, 0) is 16.6 Å². The number of aromatic nitrogens is 2. The molecule has 138 valence electrons. The molecule has 0 saturated carbocycles. The lowest BCUT2D eigenvalue weighted by atomic mass is 10.1. The zero-order valence-corrected chi connectivity index (χ0v) is 14.7. The molecule has 3 heterocycles. The van der Waals surface area contributed by atoms with Gasteiger partial charge in [-0.15, -0.1) is 0 Å². The number of carbonyl (C=O) groups is 2. The Hall–Kier alpha value is -2.09. The number of nitrogens with zero attached hydrogens (tertiary/aromatic N) is 3. The molecule has 0 bridgehead atoms. The van der Waals surface area contributed by atoms with Crippen molar-refractivity contribution in [2.24, 2.45) is 7.05 Å². The van der Waals surface area contributed by atoms with Crippen molar-refractivity contribution in [1.29, 1.82) is 0 Å². The summed E-state index contributed by atoms with van der Waals surface area (Å²) in [6.07, 6.45) is 5.36. The van der Waals surface area contributed by atoms with Crippen LogP contribution in [0.5, 0.6) is 5.88 Å². The number of amides is 2. The lowest BCUT2D eigenvalue weighted by Gasteiger charge is -2.26. The molecule has 1 N–H and O–H groups in total. The summed E-state index contributed by atoms with van der Waals surface area (Å²) in [5.74, 6) is 0.126. The van der Waals surface area contributed by atoms with Gasteiger partial charge in [-0.05, 0) is 32.1 Å². The summed E-state index contributed by atoms with van der Waals surface area (Å²) >= 11 is 0. The number of ether oxygens (including phenoxy) is 2. The van der Waals surface area contributed by atoms with Gasteiger partial charge in [0.25, 0.3) is 11.8 Å². The van der Waals surface area contributed by atoms with Gasteiger partial charge in [-0.2, -0.15) is 5.10 Å². The first-order valence-electron chi connectivity index (χ1n) is 8.98. The molecule has 2 amide bonds. The Labute approximate surface area is 147 Å². The molecular weight excluding hydrogens is 324 g/mol. The van der Waals surface area contributed by atoms with E-state index >= 15 is 0 Å². The molecule has 2 aliphatic rings. The van der Waals surface area contributed by atoms with Crippen molar-refractivity contribution in [3.05, 3.63) is 11.8 Å². The van der Waals surface area contributed by atoms with Gasteiger partial charge in [-0.1, -0.05) is 0 Å². The van der Waals surface area contributed by atoms with E-state index in [2.05, 4.69) is 10.4 Å². The summed E-state index contributed by atoms with van der Waals surface area (Å²) in [7, 11) is 1.69. The Bertz CT molecular complexity index is 604. The van der Waals surface area contributed by atoms with E-state index in [1.807, 2.05) is 4.90 Å². The second-order valence-corrected chi connectivity index (χ2v) is 6.57. The van der Waals surface area contributed by atoms with E-state index in [9.17, 15) is 9.59 Å². The van der Waals surface area contributed by atoms with Gasteiger partial charge in [0.2, 0.25) is 5.88 Å². The Kier molecular flexibility index (Phi) is 5.91. The van der Waals surface area contributed by atoms with Crippen LogP contribution in [0.4, 0.5) is 0 Å². The number of hydrogen-bond donors (Lipinski definition) is 1. The highest BCUT2D eigenvalue weighted by atomic mass is 16.5. The van der Waals surface area contributed by atoms with Crippen molar-refractivity contribution >= 4 is 11.8 Å². The standard InChI is InChI=1S/C17H26N4O4/c1-20-16(25-12-15(22)21-7-3-2-4-8-21)10-14(19-20)17(23)18-11-13-6-5-9-24-13/h10,13H,2-9,11-12H2,1H3,(H,18,23). The van der Waals surface area contributed by atoms with Gasteiger partial charge in [0, 0.05) is 39.4 Å². The van der Waals surface area contributed by atoms with Crippen LogP contribution in [0.15, 0.2) is 6.07 Å². The smallest absolute Gasteiger partial charge is 0.272 e. The van der Waals surface area contributed by atoms with Crippen molar-refractivity contribution in [3.63, 3.8) is 0 Å². The van der Waals surface area contributed by atoms with Gasteiger partial charge in [0.15, 0.2) is 12.3 Å². The zero-order chi connectivity index (χ0) is 17.6. The van der Waals surface area contributed by atoms with Crippen LogP contribution in [0, 0.1) is 0 Å². The first-order valence-corrected chi connectivity index (χ1v) is 8.98. The Morgan fingerprint density at radius 3 is 2.84 bits per heavy atom. The highest BCUT2D eigenvalue weighted by Gasteiger charge is 2.20. The summed E-state index contributed by atoms with van der Waals surface area (Å²) < 4.78 is 12.5. The molecule has 2 saturated heterocycles. The maximum Gasteiger partial charge on any atom is 0.272 e. The fourth-order valence-corrected chi connectivity index (χ4v) is 3.17. The van der Waals surface area contributed by atoms with Crippen molar-refractivity contribution in [2.75, 3.05) is 32.8 Å². The average Bonchev–Trinajstić information content (AvgIpc) is 3.28. The minimum absolute atomic E-state index is 0.0229. The van der Waals surface area contributed by atoms with Crippen molar-refractivity contribution in [2.45, 2.75) is 38.2 Å². The summed E-state index contributed by atoms with van der Waals surface area (Å²) in [5, 5.41) is 6.99. The lowest BCUT2D eigenvalue weighted by Crippen LogP contribution is -2.38. The summed E-state index contributed by atoms with van der Waals surface area (Å²) in [4.78, 5) is 26.2. The predicted octanol–water partition coefficient (Wildman–Crippen LogP) is 0.720. The minimum Gasteiger partial charge on any atom is -0.468 e. The first-order chi connectivity index (χ1) is 12.1. The van der Waals surface area contributed by atoms with Crippen LogP contribution in [0.25, 0.3) is 0 Å². The molecule has 1 aromatic rings. The topological polar surface area (TPSA) is 85.7 Å². The van der Waals surface area contributed by atoms with Crippen LogP contribution in [0.3, 0.4) is 0 Å². The molecule has 3 rings (SSSR count). The molecule has 8 nitrogen and oxygen atoms in total. The van der Waals surface area contributed by atoms with Crippen molar-refractivity contribution in [1.82, 2.24) is 20.0 Å². The van der Waals surface area contributed by atoms with E-state index in [1.54, 1.807) is 13.1 Å². The maximum atomic E-state index is 12.2. The number of carbonyl (C=O) groups excluding carboxylic acids is 2. The van der Waals surface area contributed by atoms with E-state index in [1.165, 1.54) is 11.1 Å². The Morgan fingerprint density at radius 1 is 1.32 bits per heavy atom. The number of rotatable bonds is 6. The lowest BCUT2D eigenvalue weighted by molar-refractivity contribution is -0.134. The molecule has 0 aromatic carbocycles. The van der Waals surface area contributed by atoms with Crippen molar-refractivity contribution < 1.29 is 19.1 Å². The normalized spacial score (nSPS) is 20.5. The third-order valence-corrected chi connectivity index (χ3v) is 4.64. The van der Waals surface area contributed by atoms with Gasteiger partial charge in [-0.25, -0.2) is 4.68 Å². The Morgan fingerprint density at radius 2 is 2.12 bits per heavy atom. The molecule has 2 fully saturated rings. The molecule has 0 aliphatic carbocycles. The third kappa shape index (κ3) is 4.72. The van der Waals surface area contributed by atoms with E-state index in [0.29, 0.717) is 12.4 Å². The van der Waals surface area contributed by atoms with E-state index < -0.39 is 0 Å². The number of likely N-dealkylation sites (tertiary alicyclic amines) is 1. The van der Waals surface area contributed by atoms with Crippen LogP contribution in [0.1, 0.15) is 42.6 Å². The summed E-state index contributed by atoms with van der Waals surface area (Å²) in [5.41, 5.74) is 0.279. The van der Waals surface area contributed by atoms with Crippen LogP contribution < -0.4 is 10.1 Å². The number of aryl methyl sites for hydroxylation is 1. The second-order valence-electron chi connectivity index (χ2n) is 6.57. The first kappa shape index (κ1) is 17.7. The fourth-order valence-electron chi connectivity index (χ4n) is 3.17. The van der Waals surface area contributed by atoms with Gasteiger partial charge >= 0.3 is 0 Å². The SMILES string of the molecule is Cn1nc(C(=O)NCC2CCCO2)cc1OCC(=O)N1CCCCC1. The molecular formula is C17H26N4O4. The molecule has 1 unspecified atom stereocenters. The van der Waals surface area contributed by atoms with Crippen LogP contribution in [0.2, 0.25) is 0 Å². The van der Waals surface area contributed by atoms with Crippen LogP contribution >= 0.6 is 0 Å². The molecule has 0 spiro atoms. The van der Waals surface area contributed by atoms with E-state index in [-0.39, 0.29) is 30.2 Å². The van der Waals surface area contributed by atoms with Crippen LogP contribution in [-0.4, -0.2) is 65.4 Å². The molecule has 25 heavy (non-hydrogen) atoms. The van der Waals surface area contributed by atoms with Gasteiger partial charge in [0.05, 0.1) is 6.10 Å². The molecule has 1 atom stereocenters. The van der Waals surface area contributed by atoms with E-state index in [0.717, 1.165) is 45.4 Å². The fraction of sp³-hybridized carbons (Fsp3) is 0.706. The average molecular weight is 350 g/mol. The number of hydrogen-bond acceptors (Lipinski definition) is 5. The quantitative estimate of drug-likeness (QED) is 0.817. The van der Waals surface area contributed by atoms with Crippen molar-refractivity contribution in [3.8, 4) is 5.88 Å². The predicted molar refractivity (Wildman–Crippen MR) is 90.4 cm³/mol. The summed E-state index contributed by atoms with van der Waals surface area (Å²) in [6, 6.07) is 1.56. The Balaban J connectivity index is 1.49. The van der Waals surface area contributed by atoms with Gasteiger partial charge < -0.3 is 19.7 Å². The third-order valence-electron chi connectivity index (χ3n) is 4.64. The van der Waals surface area contributed by atoms with Gasteiger partial charge in [0.1, 0.15) is 0 Å². The number of nitrogens with one attached hydrogen (secondary N) is 1.